The van der Waals surface area contributed by atoms with Gasteiger partial charge in [0.15, 0.2) is 0 Å². The number of carbonyl (C=O) groups excluding carboxylic acids is 2. The van der Waals surface area contributed by atoms with Crippen LogP contribution in [0.2, 0.25) is 5.02 Å². The van der Waals surface area contributed by atoms with Crippen LogP contribution in [0.25, 0.3) is 0 Å². The Bertz CT molecular complexity index is 529. The van der Waals surface area contributed by atoms with Gasteiger partial charge in [0, 0.05) is 38.3 Å². The van der Waals surface area contributed by atoms with Crippen LogP contribution in [0, 0.1) is 5.92 Å². The summed E-state index contributed by atoms with van der Waals surface area (Å²) >= 11 is 5.83. The number of amides is 2. The van der Waals surface area contributed by atoms with E-state index in [2.05, 4.69) is 4.98 Å². The van der Waals surface area contributed by atoms with Crippen molar-refractivity contribution in [3.8, 4) is 0 Å². The molecule has 21 heavy (non-hydrogen) atoms. The minimum Gasteiger partial charge on any atom is -0.356 e. The predicted molar refractivity (Wildman–Crippen MR) is 80.2 cm³/mol. The largest absolute Gasteiger partial charge is 0.356 e. The highest BCUT2D eigenvalue weighted by molar-refractivity contribution is 6.30. The van der Waals surface area contributed by atoms with Crippen LogP contribution in [0.15, 0.2) is 12.3 Å². The van der Waals surface area contributed by atoms with Crippen molar-refractivity contribution >= 4 is 23.4 Å². The maximum Gasteiger partial charge on any atom is 0.270 e. The smallest absolute Gasteiger partial charge is 0.270 e. The Morgan fingerprint density at radius 3 is 2.33 bits per heavy atom. The third-order valence-corrected chi connectivity index (χ3v) is 4.65. The van der Waals surface area contributed by atoms with Gasteiger partial charge in [-0.1, -0.05) is 11.6 Å². The number of nitrogens with zero attached hydrogens (tertiary/aromatic N) is 2. The first-order valence-electron chi connectivity index (χ1n) is 7.57. The Kier molecular flexibility index (Phi) is 4.19. The SMILES string of the molecule is O=C(c1cc(Cl)c[nH]1)N1CCC(C(=O)N2CCCC2)CC1. The van der Waals surface area contributed by atoms with E-state index >= 15 is 0 Å². The molecule has 6 heteroatoms. The normalized spacial score (nSPS) is 20.0. The number of hydrogen-bond donors (Lipinski definition) is 1. The number of nitrogens with one attached hydrogen (secondary N) is 1. The van der Waals surface area contributed by atoms with Crippen molar-refractivity contribution in [1.82, 2.24) is 14.8 Å². The maximum atomic E-state index is 12.3. The van der Waals surface area contributed by atoms with E-state index in [0.717, 1.165) is 38.8 Å². The van der Waals surface area contributed by atoms with E-state index in [-0.39, 0.29) is 17.7 Å². The first-order valence-corrected chi connectivity index (χ1v) is 7.95. The molecule has 0 unspecified atom stereocenters. The standard InChI is InChI=1S/C15H20ClN3O2/c16-12-9-13(17-10-12)15(21)19-7-3-11(4-8-19)14(20)18-5-1-2-6-18/h9-11,17H,1-8H2. The Labute approximate surface area is 129 Å². The number of likely N-dealkylation sites (tertiary alicyclic amines) is 2. The molecule has 2 aliphatic rings. The van der Waals surface area contributed by atoms with Crippen molar-refractivity contribution < 1.29 is 9.59 Å². The molecule has 0 aliphatic carbocycles. The number of halogens is 1. The first kappa shape index (κ1) is 14.4. The lowest BCUT2D eigenvalue weighted by Crippen LogP contribution is -2.43. The lowest BCUT2D eigenvalue weighted by atomic mass is 9.95. The second-order valence-corrected chi connectivity index (χ2v) is 6.27. The highest BCUT2D eigenvalue weighted by atomic mass is 35.5. The minimum atomic E-state index is -0.0334. The average molecular weight is 310 g/mol. The van der Waals surface area contributed by atoms with Crippen LogP contribution in [0.5, 0.6) is 0 Å². The molecule has 2 amide bonds. The van der Waals surface area contributed by atoms with Crippen LogP contribution < -0.4 is 0 Å². The maximum absolute atomic E-state index is 12.3. The van der Waals surface area contributed by atoms with Crippen LogP contribution >= 0.6 is 11.6 Å². The fraction of sp³-hybridized carbons (Fsp3) is 0.600. The second kappa shape index (κ2) is 6.10. The molecule has 0 bridgehead atoms. The van der Waals surface area contributed by atoms with E-state index in [9.17, 15) is 9.59 Å². The summed E-state index contributed by atoms with van der Waals surface area (Å²) in [5.41, 5.74) is 0.518. The second-order valence-electron chi connectivity index (χ2n) is 5.83. The molecule has 0 saturated carbocycles. The van der Waals surface area contributed by atoms with Crippen molar-refractivity contribution in [2.45, 2.75) is 25.7 Å². The van der Waals surface area contributed by atoms with Gasteiger partial charge in [-0.05, 0) is 31.7 Å². The molecule has 3 rings (SSSR count). The first-order chi connectivity index (χ1) is 10.1. The molecule has 2 aliphatic heterocycles. The third-order valence-electron chi connectivity index (χ3n) is 4.43. The molecule has 2 saturated heterocycles. The molecular formula is C15H20ClN3O2. The van der Waals surface area contributed by atoms with Gasteiger partial charge in [0.05, 0.1) is 5.02 Å². The molecule has 1 aromatic heterocycles. The van der Waals surface area contributed by atoms with Gasteiger partial charge in [-0.2, -0.15) is 0 Å². The Hall–Kier alpha value is -1.49. The summed E-state index contributed by atoms with van der Waals surface area (Å²) in [5.74, 6) is 0.330. The van der Waals surface area contributed by atoms with Crippen molar-refractivity contribution in [3.63, 3.8) is 0 Å². The zero-order valence-electron chi connectivity index (χ0n) is 12.0. The van der Waals surface area contributed by atoms with Crippen LogP contribution in [0.3, 0.4) is 0 Å². The molecule has 0 aromatic carbocycles. The Balaban J connectivity index is 1.55. The minimum absolute atomic E-state index is 0.0334. The number of aromatic nitrogens is 1. The lowest BCUT2D eigenvalue weighted by molar-refractivity contribution is -0.135. The van der Waals surface area contributed by atoms with Crippen molar-refractivity contribution in [2.24, 2.45) is 5.92 Å². The summed E-state index contributed by atoms with van der Waals surface area (Å²) in [6.07, 6.45) is 5.37. The van der Waals surface area contributed by atoms with Gasteiger partial charge in [-0.25, -0.2) is 0 Å². The Morgan fingerprint density at radius 2 is 1.76 bits per heavy atom. The monoisotopic (exact) mass is 309 g/mol. The molecule has 1 aromatic rings. The molecule has 0 spiro atoms. The molecule has 0 atom stereocenters. The van der Waals surface area contributed by atoms with E-state index in [4.69, 9.17) is 11.6 Å². The fourth-order valence-electron chi connectivity index (χ4n) is 3.19. The predicted octanol–water partition coefficient (Wildman–Crippen LogP) is 2.14. The van der Waals surface area contributed by atoms with Crippen molar-refractivity contribution in [3.05, 3.63) is 23.0 Å². The van der Waals surface area contributed by atoms with E-state index in [1.54, 1.807) is 17.2 Å². The molecular weight excluding hydrogens is 290 g/mol. The van der Waals surface area contributed by atoms with E-state index in [1.165, 1.54) is 0 Å². The third kappa shape index (κ3) is 3.07. The van der Waals surface area contributed by atoms with Crippen molar-refractivity contribution in [1.29, 1.82) is 0 Å². The number of carbonyl (C=O) groups is 2. The molecule has 2 fully saturated rings. The highest BCUT2D eigenvalue weighted by Gasteiger charge is 2.31. The number of hydrogen-bond acceptors (Lipinski definition) is 2. The summed E-state index contributed by atoms with van der Waals surface area (Å²) in [4.78, 5) is 31.3. The Morgan fingerprint density at radius 1 is 1.10 bits per heavy atom. The average Bonchev–Trinajstić information content (AvgIpc) is 3.17. The van der Waals surface area contributed by atoms with Gasteiger partial charge in [-0.3, -0.25) is 9.59 Å². The summed E-state index contributed by atoms with van der Waals surface area (Å²) in [6, 6.07) is 1.64. The van der Waals surface area contributed by atoms with E-state index in [0.29, 0.717) is 23.8 Å². The zero-order chi connectivity index (χ0) is 14.8. The van der Waals surface area contributed by atoms with Gasteiger partial charge in [0.25, 0.3) is 5.91 Å². The fourth-order valence-corrected chi connectivity index (χ4v) is 3.35. The van der Waals surface area contributed by atoms with Gasteiger partial charge in [-0.15, -0.1) is 0 Å². The van der Waals surface area contributed by atoms with Gasteiger partial charge in [0.2, 0.25) is 5.91 Å². The quantitative estimate of drug-likeness (QED) is 0.910. The molecule has 0 radical (unpaired) electrons. The molecule has 5 nitrogen and oxygen atoms in total. The van der Waals surface area contributed by atoms with Crippen molar-refractivity contribution in [2.75, 3.05) is 26.2 Å². The van der Waals surface area contributed by atoms with Crippen LogP contribution in [0.4, 0.5) is 0 Å². The van der Waals surface area contributed by atoms with Gasteiger partial charge >= 0.3 is 0 Å². The topological polar surface area (TPSA) is 56.4 Å². The van der Waals surface area contributed by atoms with Crippen LogP contribution in [-0.4, -0.2) is 52.8 Å². The van der Waals surface area contributed by atoms with Gasteiger partial charge < -0.3 is 14.8 Å². The van der Waals surface area contributed by atoms with Gasteiger partial charge in [0.1, 0.15) is 5.69 Å². The summed E-state index contributed by atoms with van der Waals surface area (Å²) in [5, 5.41) is 0.539. The highest BCUT2D eigenvalue weighted by Crippen LogP contribution is 2.23. The van der Waals surface area contributed by atoms with Crippen LogP contribution in [-0.2, 0) is 4.79 Å². The summed E-state index contributed by atoms with van der Waals surface area (Å²) in [7, 11) is 0. The molecule has 3 heterocycles. The van der Waals surface area contributed by atoms with Crippen LogP contribution in [0.1, 0.15) is 36.2 Å². The van der Waals surface area contributed by atoms with E-state index in [1.807, 2.05) is 4.90 Å². The molecule has 1 N–H and O–H groups in total. The molecule has 114 valence electrons. The number of H-pyrrole nitrogens is 1. The lowest BCUT2D eigenvalue weighted by Gasteiger charge is -2.33. The summed E-state index contributed by atoms with van der Waals surface area (Å²) in [6.45, 7) is 3.08. The zero-order valence-corrected chi connectivity index (χ0v) is 12.7. The number of aromatic amines is 1. The number of rotatable bonds is 2. The number of piperidine rings is 1. The van der Waals surface area contributed by atoms with E-state index < -0.39 is 0 Å². The summed E-state index contributed by atoms with van der Waals surface area (Å²) < 4.78 is 0.